The Morgan fingerprint density at radius 3 is 2.65 bits per heavy atom. The predicted octanol–water partition coefficient (Wildman–Crippen LogP) is -0.953. The maximum absolute atomic E-state index is 12.5. The molecule has 1 saturated heterocycles. The van der Waals surface area contributed by atoms with Crippen molar-refractivity contribution in [3.8, 4) is 0 Å². The van der Waals surface area contributed by atoms with Crippen molar-refractivity contribution in [2.75, 3.05) is 19.6 Å². The lowest BCUT2D eigenvalue weighted by Gasteiger charge is -2.33. The Bertz CT molecular complexity index is 480. The molecule has 2 amide bonds. The van der Waals surface area contributed by atoms with Gasteiger partial charge in [0.25, 0.3) is 5.91 Å². The van der Waals surface area contributed by atoms with Crippen LogP contribution in [0.3, 0.4) is 0 Å². The van der Waals surface area contributed by atoms with Gasteiger partial charge in [-0.2, -0.15) is 0 Å². The molecule has 1 aliphatic rings. The van der Waals surface area contributed by atoms with Gasteiger partial charge < -0.3 is 16.0 Å². The van der Waals surface area contributed by atoms with Crippen molar-refractivity contribution >= 4 is 11.8 Å². The van der Waals surface area contributed by atoms with Crippen LogP contribution in [0.5, 0.6) is 0 Å². The Hall–Kier alpha value is -1.96. The molecule has 1 fully saturated rings. The van der Waals surface area contributed by atoms with E-state index in [2.05, 4.69) is 20.5 Å². The third kappa shape index (κ3) is 3.32. The van der Waals surface area contributed by atoms with E-state index < -0.39 is 5.91 Å². The van der Waals surface area contributed by atoms with Gasteiger partial charge in [0.05, 0.1) is 0 Å². The summed E-state index contributed by atoms with van der Waals surface area (Å²) in [6, 6.07) is -0.000161. The quantitative estimate of drug-likeness (QED) is 0.642. The molecule has 110 valence electrons. The van der Waals surface area contributed by atoms with Gasteiger partial charge in [-0.25, -0.2) is 4.98 Å². The highest BCUT2D eigenvalue weighted by Gasteiger charge is 2.29. The number of hydrogen-bond donors (Lipinski definition) is 3. The second kappa shape index (κ2) is 6.47. The fourth-order valence-electron chi connectivity index (χ4n) is 2.33. The molecule has 0 aliphatic carbocycles. The number of piperidine rings is 1. The summed E-state index contributed by atoms with van der Waals surface area (Å²) in [5.74, 6) is -0.117. The molecule has 1 aliphatic heterocycles. The predicted molar refractivity (Wildman–Crippen MR) is 71.9 cm³/mol. The van der Waals surface area contributed by atoms with Crippen LogP contribution in [0.1, 0.15) is 36.2 Å². The van der Waals surface area contributed by atoms with Gasteiger partial charge in [-0.3, -0.25) is 14.7 Å². The third-order valence-electron chi connectivity index (χ3n) is 3.39. The van der Waals surface area contributed by atoms with Gasteiger partial charge in [-0.15, -0.1) is 5.10 Å². The normalized spacial score (nSPS) is 16.1. The van der Waals surface area contributed by atoms with Gasteiger partial charge >= 0.3 is 0 Å². The fourth-order valence-corrected chi connectivity index (χ4v) is 2.33. The number of nitrogens with zero attached hydrogens (tertiary/aromatic N) is 3. The zero-order valence-corrected chi connectivity index (χ0v) is 11.6. The summed E-state index contributed by atoms with van der Waals surface area (Å²) in [4.78, 5) is 29.3. The van der Waals surface area contributed by atoms with Gasteiger partial charge in [0.15, 0.2) is 0 Å². The summed E-state index contributed by atoms with van der Waals surface area (Å²) in [7, 11) is 0. The highest BCUT2D eigenvalue weighted by atomic mass is 16.2. The van der Waals surface area contributed by atoms with E-state index in [9.17, 15) is 9.59 Å². The zero-order chi connectivity index (χ0) is 14.5. The minimum Gasteiger partial charge on any atom is -0.368 e. The first kappa shape index (κ1) is 14.4. The maximum atomic E-state index is 12.5. The van der Waals surface area contributed by atoms with E-state index in [1.54, 1.807) is 0 Å². The van der Waals surface area contributed by atoms with E-state index in [1.165, 1.54) is 4.90 Å². The topological polar surface area (TPSA) is 117 Å². The average molecular weight is 280 g/mol. The zero-order valence-electron chi connectivity index (χ0n) is 11.6. The van der Waals surface area contributed by atoms with Crippen molar-refractivity contribution in [2.24, 2.45) is 5.73 Å². The second-order valence-corrected chi connectivity index (χ2v) is 4.84. The lowest BCUT2D eigenvalue weighted by Crippen LogP contribution is -2.49. The summed E-state index contributed by atoms with van der Waals surface area (Å²) < 4.78 is 0. The summed E-state index contributed by atoms with van der Waals surface area (Å²) in [6.07, 6.45) is 2.26. The van der Waals surface area contributed by atoms with E-state index in [0.717, 1.165) is 25.9 Å². The van der Waals surface area contributed by atoms with Crippen LogP contribution in [0, 0.1) is 0 Å². The lowest BCUT2D eigenvalue weighted by atomic mass is 10.0. The number of H-pyrrole nitrogens is 1. The molecule has 0 saturated carbocycles. The molecule has 1 aromatic heterocycles. The number of aromatic amines is 1. The van der Waals surface area contributed by atoms with Crippen LogP contribution >= 0.6 is 0 Å². The van der Waals surface area contributed by atoms with E-state index >= 15 is 0 Å². The van der Waals surface area contributed by atoms with E-state index in [4.69, 9.17) is 5.73 Å². The Labute approximate surface area is 117 Å². The third-order valence-corrected chi connectivity index (χ3v) is 3.39. The van der Waals surface area contributed by atoms with E-state index in [0.29, 0.717) is 12.2 Å². The van der Waals surface area contributed by atoms with Crippen LogP contribution in [0.4, 0.5) is 0 Å². The Morgan fingerprint density at radius 2 is 2.10 bits per heavy atom. The van der Waals surface area contributed by atoms with Crippen molar-refractivity contribution in [3.63, 3.8) is 0 Å². The molecule has 8 heteroatoms. The van der Waals surface area contributed by atoms with Crippen LogP contribution in [0.15, 0.2) is 0 Å². The molecule has 0 bridgehead atoms. The lowest BCUT2D eigenvalue weighted by molar-refractivity contribution is -0.119. The SMILES string of the molecule is CCc1nc(C(=O)N(CC(N)=O)C2CCNCC2)n[nH]1. The molecule has 0 unspecified atom stereocenters. The number of carbonyl (C=O) groups excluding carboxylic acids is 2. The Morgan fingerprint density at radius 1 is 1.40 bits per heavy atom. The van der Waals surface area contributed by atoms with E-state index in [1.807, 2.05) is 6.92 Å². The molecule has 8 nitrogen and oxygen atoms in total. The second-order valence-electron chi connectivity index (χ2n) is 4.84. The van der Waals surface area contributed by atoms with Crippen LogP contribution in [0.25, 0.3) is 0 Å². The van der Waals surface area contributed by atoms with Crippen molar-refractivity contribution in [2.45, 2.75) is 32.2 Å². The number of aromatic nitrogens is 3. The van der Waals surface area contributed by atoms with Crippen molar-refractivity contribution in [1.82, 2.24) is 25.4 Å². The molecule has 0 aromatic carbocycles. The molecule has 0 radical (unpaired) electrons. The highest BCUT2D eigenvalue weighted by Crippen LogP contribution is 2.14. The molecule has 0 atom stereocenters. The number of rotatable bonds is 5. The minimum atomic E-state index is -0.525. The maximum Gasteiger partial charge on any atom is 0.294 e. The van der Waals surface area contributed by atoms with Gasteiger partial charge in [0, 0.05) is 12.5 Å². The molecule has 4 N–H and O–H groups in total. The van der Waals surface area contributed by atoms with E-state index in [-0.39, 0.29) is 24.3 Å². The number of nitrogens with two attached hydrogens (primary N) is 1. The number of hydrogen-bond acceptors (Lipinski definition) is 5. The molecule has 20 heavy (non-hydrogen) atoms. The molecule has 2 rings (SSSR count). The molecular weight excluding hydrogens is 260 g/mol. The minimum absolute atomic E-state index is 0.000161. The van der Waals surface area contributed by atoms with Crippen LogP contribution in [0.2, 0.25) is 0 Å². The largest absolute Gasteiger partial charge is 0.368 e. The smallest absolute Gasteiger partial charge is 0.294 e. The Balaban J connectivity index is 2.16. The molecule has 1 aromatic rings. The average Bonchev–Trinajstić information content (AvgIpc) is 2.94. The summed E-state index contributed by atoms with van der Waals surface area (Å²) >= 11 is 0. The molecule has 0 spiro atoms. The first-order chi connectivity index (χ1) is 9.61. The molecular formula is C12H20N6O2. The first-order valence-electron chi connectivity index (χ1n) is 6.83. The molecule has 2 heterocycles. The van der Waals surface area contributed by atoms with Gasteiger partial charge in [-0.1, -0.05) is 6.92 Å². The van der Waals surface area contributed by atoms with Crippen LogP contribution < -0.4 is 11.1 Å². The summed E-state index contributed by atoms with van der Waals surface area (Å²) in [5.41, 5.74) is 5.25. The first-order valence-corrected chi connectivity index (χ1v) is 6.83. The number of nitrogens with one attached hydrogen (secondary N) is 2. The monoisotopic (exact) mass is 280 g/mol. The van der Waals surface area contributed by atoms with Crippen molar-refractivity contribution < 1.29 is 9.59 Å². The Kier molecular flexibility index (Phi) is 4.67. The number of primary amides is 1. The number of amides is 2. The number of carbonyl (C=O) groups is 2. The highest BCUT2D eigenvalue weighted by molar-refractivity contribution is 5.93. The van der Waals surface area contributed by atoms with Crippen LogP contribution in [-0.2, 0) is 11.2 Å². The van der Waals surface area contributed by atoms with Crippen molar-refractivity contribution in [3.05, 3.63) is 11.6 Å². The van der Waals surface area contributed by atoms with Crippen LogP contribution in [-0.4, -0.2) is 57.6 Å². The summed E-state index contributed by atoms with van der Waals surface area (Å²) in [5, 5.41) is 9.85. The van der Waals surface area contributed by atoms with Crippen molar-refractivity contribution in [1.29, 1.82) is 0 Å². The fraction of sp³-hybridized carbons (Fsp3) is 0.667. The summed E-state index contributed by atoms with van der Waals surface area (Å²) in [6.45, 7) is 3.46. The van der Waals surface area contributed by atoms with Gasteiger partial charge in [-0.05, 0) is 25.9 Å². The standard InChI is InChI=1S/C12H20N6O2/c1-2-10-15-11(17-16-10)12(20)18(7-9(13)19)8-3-5-14-6-4-8/h8,14H,2-7H2,1H3,(H2,13,19)(H,15,16,17). The van der Waals surface area contributed by atoms with Gasteiger partial charge in [0.2, 0.25) is 11.7 Å². The number of aryl methyl sites for hydroxylation is 1. The van der Waals surface area contributed by atoms with Gasteiger partial charge in [0.1, 0.15) is 12.4 Å².